The topological polar surface area (TPSA) is 47.6 Å². The van der Waals surface area contributed by atoms with Crippen molar-refractivity contribution in [3.8, 4) is 12.1 Å². The Hall–Kier alpha value is -3.19. The molecule has 4 rings (SSSR count). The fraction of sp³-hybridized carbons (Fsp3) is 0.241. The van der Waals surface area contributed by atoms with Gasteiger partial charge < -0.3 is 0 Å². The van der Waals surface area contributed by atoms with Crippen molar-refractivity contribution in [3.63, 3.8) is 0 Å². The van der Waals surface area contributed by atoms with Crippen LogP contribution in [0.25, 0.3) is 0 Å². The lowest BCUT2D eigenvalue weighted by Gasteiger charge is -2.32. The van der Waals surface area contributed by atoms with E-state index in [1.807, 2.05) is 0 Å². The second-order valence-corrected chi connectivity index (χ2v) is 11.9. The first-order valence-electron chi connectivity index (χ1n) is 11.4. The molecule has 0 saturated heterocycles. The minimum Gasteiger partial charge on any atom is -0.192 e. The molecule has 3 aromatic carbocycles. The molecule has 1 saturated carbocycles. The van der Waals surface area contributed by atoms with Gasteiger partial charge in [0.05, 0.1) is 6.16 Å². The summed E-state index contributed by atoms with van der Waals surface area (Å²) in [6.45, 7) is 0. The molecule has 0 unspecified atom stereocenters. The second-order valence-electron chi connectivity index (χ2n) is 8.43. The van der Waals surface area contributed by atoms with Crippen LogP contribution >= 0.6 is 7.26 Å². The van der Waals surface area contributed by atoms with Gasteiger partial charge in [0, 0.05) is 0 Å². The lowest BCUT2D eigenvalue weighted by Crippen LogP contribution is -2.35. The molecular formula is C29H28N2P+. The molecule has 0 aliphatic heterocycles. The minimum atomic E-state index is -2.12. The molecule has 0 radical (unpaired) electrons. The normalized spacial score (nSPS) is 14.2. The van der Waals surface area contributed by atoms with E-state index in [0.29, 0.717) is 11.5 Å². The smallest absolute Gasteiger partial charge is 0.132 e. The molecule has 3 aromatic rings. The number of allylic oxidation sites excluding steroid dienone is 2. The van der Waals surface area contributed by atoms with E-state index < -0.39 is 7.26 Å². The van der Waals surface area contributed by atoms with Crippen LogP contribution in [0.4, 0.5) is 0 Å². The Labute approximate surface area is 192 Å². The van der Waals surface area contributed by atoms with Crippen molar-refractivity contribution in [2.45, 2.75) is 32.1 Å². The van der Waals surface area contributed by atoms with E-state index in [2.05, 4.69) is 103 Å². The van der Waals surface area contributed by atoms with Gasteiger partial charge in [0.2, 0.25) is 0 Å². The average Bonchev–Trinajstić information content (AvgIpc) is 2.89. The molecule has 1 fully saturated rings. The van der Waals surface area contributed by atoms with Gasteiger partial charge in [-0.15, -0.1) is 0 Å². The Morgan fingerprint density at radius 1 is 0.656 bits per heavy atom. The predicted molar refractivity (Wildman–Crippen MR) is 135 cm³/mol. The molecular weight excluding hydrogens is 407 g/mol. The summed E-state index contributed by atoms with van der Waals surface area (Å²) >= 11 is 0. The van der Waals surface area contributed by atoms with E-state index in [1.54, 1.807) is 0 Å². The Morgan fingerprint density at radius 2 is 1.06 bits per heavy atom. The summed E-state index contributed by atoms with van der Waals surface area (Å²) in [5, 5.41) is 23.7. The summed E-state index contributed by atoms with van der Waals surface area (Å²) in [7, 11) is -2.12. The Kier molecular flexibility index (Phi) is 7.17. The van der Waals surface area contributed by atoms with Gasteiger partial charge >= 0.3 is 0 Å². The lowest BCUT2D eigenvalue weighted by molar-refractivity contribution is 0.403. The van der Waals surface area contributed by atoms with Gasteiger partial charge in [-0.1, -0.05) is 73.9 Å². The summed E-state index contributed by atoms with van der Waals surface area (Å²) in [5.74, 6) is 0.313. The number of rotatable bonds is 6. The van der Waals surface area contributed by atoms with Crippen LogP contribution < -0.4 is 15.9 Å². The number of hydrogen-bond donors (Lipinski definition) is 0. The molecule has 0 atom stereocenters. The van der Waals surface area contributed by atoms with E-state index in [0.717, 1.165) is 24.6 Å². The fourth-order valence-corrected chi connectivity index (χ4v) is 9.47. The van der Waals surface area contributed by atoms with Gasteiger partial charge in [-0.25, -0.2) is 0 Å². The van der Waals surface area contributed by atoms with Crippen molar-refractivity contribution < 1.29 is 0 Å². The average molecular weight is 436 g/mol. The van der Waals surface area contributed by atoms with Gasteiger partial charge in [0.15, 0.2) is 0 Å². The maximum atomic E-state index is 9.92. The van der Waals surface area contributed by atoms with Crippen LogP contribution in [0.15, 0.2) is 102 Å². The Balaban J connectivity index is 2.00. The van der Waals surface area contributed by atoms with Crippen molar-refractivity contribution in [1.82, 2.24) is 0 Å². The zero-order valence-corrected chi connectivity index (χ0v) is 19.2. The molecule has 158 valence electrons. The zero-order chi connectivity index (χ0) is 22.2. The largest absolute Gasteiger partial charge is 0.192 e. The number of nitrogens with zero attached hydrogens (tertiary/aromatic N) is 2. The van der Waals surface area contributed by atoms with Gasteiger partial charge in [0.25, 0.3) is 0 Å². The molecule has 1 aliphatic rings. The molecule has 0 amide bonds. The summed E-state index contributed by atoms with van der Waals surface area (Å²) in [4.78, 5) is 0. The molecule has 0 aromatic heterocycles. The molecule has 0 bridgehead atoms. The standard InChI is InChI=1S/C29H28N2P/c30-21-25(22-31)29(24-13-5-1-6-14-24)23-32(26-15-7-2-8-16-26,27-17-9-3-10-18-27)28-19-11-4-12-20-28/h2-4,7-12,15-20,24H,1,5-6,13-14,23H2/q+1. The van der Waals surface area contributed by atoms with Crippen LogP contribution in [-0.4, -0.2) is 6.16 Å². The van der Waals surface area contributed by atoms with Crippen LogP contribution in [0.1, 0.15) is 32.1 Å². The Bertz CT molecular complexity index is 1020. The minimum absolute atomic E-state index is 0.313. The molecule has 3 heteroatoms. The molecule has 2 nitrogen and oxygen atoms in total. The summed E-state index contributed by atoms with van der Waals surface area (Å²) in [6, 6.07) is 36.7. The van der Waals surface area contributed by atoms with E-state index >= 15 is 0 Å². The van der Waals surface area contributed by atoms with Crippen molar-refractivity contribution >= 4 is 23.2 Å². The second kappa shape index (κ2) is 10.4. The third kappa shape index (κ3) is 4.39. The van der Waals surface area contributed by atoms with Gasteiger partial charge in [0.1, 0.15) is 40.9 Å². The highest BCUT2D eigenvalue weighted by Crippen LogP contribution is 2.58. The fourth-order valence-electron chi connectivity index (χ4n) is 5.06. The monoisotopic (exact) mass is 435 g/mol. The highest BCUT2D eigenvalue weighted by atomic mass is 31.2. The van der Waals surface area contributed by atoms with Crippen molar-refractivity contribution in [2.75, 3.05) is 6.16 Å². The van der Waals surface area contributed by atoms with Gasteiger partial charge in [-0.3, -0.25) is 0 Å². The first-order valence-corrected chi connectivity index (χ1v) is 13.3. The molecule has 0 spiro atoms. The maximum Gasteiger partial charge on any atom is 0.132 e. The van der Waals surface area contributed by atoms with Crippen molar-refractivity contribution in [3.05, 3.63) is 102 Å². The van der Waals surface area contributed by atoms with E-state index in [-0.39, 0.29) is 0 Å². The zero-order valence-electron chi connectivity index (χ0n) is 18.3. The SMILES string of the molecule is N#CC(C#N)=C(C[P+](c1ccccc1)(c1ccccc1)c1ccccc1)C1CCCCC1. The lowest BCUT2D eigenvalue weighted by atomic mass is 9.82. The van der Waals surface area contributed by atoms with Gasteiger partial charge in [-0.2, -0.15) is 10.5 Å². The summed E-state index contributed by atoms with van der Waals surface area (Å²) in [6.07, 6.45) is 6.47. The first kappa shape index (κ1) is 22.0. The van der Waals surface area contributed by atoms with Crippen molar-refractivity contribution in [1.29, 1.82) is 10.5 Å². The number of hydrogen-bond acceptors (Lipinski definition) is 2. The van der Waals surface area contributed by atoms with Crippen LogP contribution in [0.3, 0.4) is 0 Å². The van der Waals surface area contributed by atoms with E-state index in [1.165, 1.54) is 35.2 Å². The molecule has 1 aliphatic carbocycles. The third-order valence-electron chi connectivity index (χ3n) is 6.64. The van der Waals surface area contributed by atoms with Gasteiger partial charge in [-0.05, 0) is 60.7 Å². The van der Waals surface area contributed by atoms with Crippen LogP contribution in [-0.2, 0) is 0 Å². The quantitative estimate of drug-likeness (QED) is 0.357. The van der Waals surface area contributed by atoms with Crippen LogP contribution in [0.2, 0.25) is 0 Å². The van der Waals surface area contributed by atoms with Crippen molar-refractivity contribution in [2.24, 2.45) is 5.92 Å². The van der Waals surface area contributed by atoms with Crippen LogP contribution in [0.5, 0.6) is 0 Å². The molecule has 0 N–H and O–H groups in total. The van der Waals surface area contributed by atoms with E-state index in [9.17, 15) is 10.5 Å². The predicted octanol–water partition coefficient (Wildman–Crippen LogP) is 5.90. The highest BCUT2D eigenvalue weighted by molar-refractivity contribution is 7.95. The van der Waals surface area contributed by atoms with Crippen LogP contribution in [0, 0.1) is 28.6 Å². The number of nitriles is 2. The maximum absolute atomic E-state index is 9.92. The van der Waals surface area contributed by atoms with E-state index in [4.69, 9.17) is 0 Å². The third-order valence-corrected chi connectivity index (χ3v) is 11.0. The first-order chi connectivity index (χ1) is 15.8. The summed E-state index contributed by atoms with van der Waals surface area (Å²) in [5.41, 5.74) is 1.39. The molecule has 0 heterocycles. The highest BCUT2D eigenvalue weighted by Gasteiger charge is 2.47. The molecule has 32 heavy (non-hydrogen) atoms. The number of benzene rings is 3. The Morgan fingerprint density at radius 3 is 1.44 bits per heavy atom. The summed E-state index contributed by atoms with van der Waals surface area (Å²) < 4.78 is 0.